The van der Waals surface area contributed by atoms with Crippen LogP contribution in [0.25, 0.3) is 4.91 Å². The van der Waals surface area contributed by atoms with Gasteiger partial charge in [-0.1, -0.05) is 30.8 Å². The number of benzene rings is 1. The molecule has 0 bridgehead atoms. The zero-order chi connectivity index (χ0) is 12.6. The zero-order valence-corrected chi connectivity index (χ0v) is 10.1. The Morgan fingerprint density at radius 3 is 2.35 bits per heavy atom. The Morgan fingerprint density at radius 1 is 1.18 bits per heavy atom. The molecule has 0 spiro atoms. The van der Waals surface area contributed by atoms with Crippen LogP contribution in [-0.2, 0) is 13.9 Å². The van der Waals surface area contributed by atoms with E-state index < -0.39 is 10.1 Å². The molecule has 1 aliphatic carbocycles. The first-order valence-electron chi connectivity index (χ1n) is 4.57. The quantitative estimate of drug-likeness (QED) is 0.774. The Balaban J connectivity index is 2.75. The van der Waals surface area contributed by atoms with Crippen LogP contribution in [0.2, 0.25) is 0 Å². The van der Waals surface area contributed by atoms with Gasteiger partial charge in [0.1, 0.15) is 4.91 Å². The van der Waals surface area contributed by atoms with Crippen molar-refractivity contribution < 1.29 is 16.9 Å². The minimum absolute atomic E-state index is 0.0796. The predicted octanol–water partition coefficient (Wildman–Crippen LogP) is 2.28. The third-order valence-corrected chi connectivity index (χ3v) is 3.93. The summed E-state index contributed by atoms with van der Waals surface area (Å²) in [6.45, 7) is 3.50. The van der Waals surface area contributed by atoms with Gasteiger partial charge < -0.3 is 0 Å². The minimum Gasteiger partial charge on any atom is -0.289 e. The summed E-state index contributed by atoms with van der Waals surface area (Å²) >= 11 is 4.93. The molecule has 17 heavy (non-hydrogen) atoms. The second-order valence-electron chi connectivity index (χ2n) is 3.43. The molecule has 0 N–H and O–H groups in total. The van der Waals surface area contributed by atoms with Gasteiger partial charge in [-0.05, 0) is 6.08 Å². The van der Waals surface area contributed by atoms with Gasteiger partial charge in [-0.3, -0.25) is 4.79 Å². The van der Waals surface area contributed by atoms with Gasteiger partial charge in [-0.25, -0.2) is 0 Å². The average molecular weight is 271 g/mol. The Hall–Kier alpha value is -1.43. The first-order chi connectivity index (χ1) is 7.97. The number of ketones is 1. The number of carbonyl (C=O) groups excluding carboxylic acids is 1. The maximum atomic E-state index is 11.8. The molecule has 1 aliphatic rings. The third kappa shape index (κ3) is 1.93. The van der Waals surface area contributed by atoms with Crippen molar-refractivity contribution >= 4 is 32.7 Å². The van der Waals surface area contributed by atoms with E-state index in [9.17, 15) is 13.2 Å². The van der Waals surface area contributed by atoms with Gasteiger partial charge in [0.2, 0.25) is 0 Å². The van der Waals surface area contributed by atoms with Crippen LogP contribution in [0.1, 0.15) is 15.9 Å². The first kappa shape index (κ1) is 12.0. The second kappa shape index (κ2) is 4.10. The van der Waals surface area contributed by atoms with Crippen LogP contribution < -0.4 is 0 Å². The van der Waals surface area contributed by atoms with Gasteiger partial charge >= 0.3 is 10.1 Å². The molecule has 2 rings (SSSR count). The standard InChI is InChI=1S/C11H7ClO4S/c1-7-6-10(17(14,15)16-12)8-4-2-3-5-9(8)11(7)13/h2-6H,1H2. The molecule has 4 nitrogen and oxygen atoms in total. The summed E-state index contributed by atoms with van der Waals surface area (Å²) in [5.41, 5.74) is 0.619. The molecule has 0 fully saturated rings. The average Bonchev–Trinajstić information content (AvgIpc) is 2.33. The van der Waals surface area contributed by atoms with E-state index in [-0.39, 0.29) is 27.4 Å². The van der Waals surface area contributed by atoms with Gasteiger partial charge in [-0.15, -0.1) is 0 Å². The number of allylic oxidation sites excluding steroid dienone is 2. The summed E-state index contributed by atoms with van der Waals surface area (Å²) < 4.78 is 27.1. The smallest absolute Gasteiger partial charge is 0.289 e. The van der Waals surface area contributed by atoms with Gasteiger partial charge in [-0.2, -0.15) is 12.2 Å². The van der Waals surface area contributed by atoms with Crippen molar-refractivity contribution in [3.63, 3.8) is 0 Å². The number of fused-ring (bicyclic) bond motifs is 1. The SMILES string of the molecule is C=C1C=C(S(=O)(=O)OCl)c2ccccc2C1=O. The topological polar surface area (TPSA) is 60.4 Å². The molecule has 0 atom stereocenters. The number of carbonyl (C=O) groups is 1. The lowest BCUT2D eigenvalue weighted by Gasteiger charge is -2.16. The molecule has 1 aromatic rings. The van der Waals surface area contributed by atoms with Crippen molar-refractivity contribution in [3.8, 4) is 0 Å². The highest BCUT2D eigenvalue weighted by molar-refractivity contribution is 7.96. The molecule has 0 unspecified atom stereocenters. The normalized spacial score (nSPS) is 15.5. The predicted molar refractivity (Wildman–Crippen MR) is 63.7 cm³/mol. The lowest BCUT2D eigenvalue weighted by Crippen LogP contribution is -2.14. The minimum atomic E-state index is -4.08. The monoisotopic (exact) mass is 270 g/mol. The molecule has 0 amide bonds. The van der Waals surface area contributed by atoms with Gasteiger partial charge in [0.05, 0.1) is 11.9 Å². The third-order valence-electron chi connectivity index (χ3n) is 2.39. The van der Waals surface area contributed by atoms with Gasteiger partial charge in [0, 0.05) is 16.7 Å². The van der Waals surface area contributed by atoms with Crippen LogP contribution in [0.5, 0.6) is 0 Å². The summed E-state index contributed by atoms with van der Waals surface area (Å²) in [5, 5.41) is 0. The van der Waals surface area contributed by atoms with Crippen molar-refractivity contribution in [1.82, 2.24) is 0 Å². The van der Waals surface area contributed by atoms with Gasteiger partial charge in [0.25, 0.3) is 0 Å². The summed E-state index contributed by atoms with van der Waals surface area (Å²) in [6.07, 6.45) is 1.16. The molecule has 0 saturated heterocycles. The van der Waals surface area contributed by atoms with E-state index in [1.54, 1.807) is 12.1 Å². The molecule has 0 radical (unpaired) electrons. The summed E-state index contributed by atoms with van der Waals surface area (Å²) in [7, 11) is -4.08. The Bertz CT molecular complexity index is 643. The number of hydrogen-bond donors (Lipinski definition) is 0. The second-order valence-corrected chi connectivity index (χ2v) is 5.28. The molecular weight excluding hydrogens is 264 g/mol. The molecule has 0 heterocycles. The van der Waals surface area contributed by atoms with Crippen molar-refractivity contribution in [2.24, 2.45) is 0 Å². The highest BCUT2D eigenvalue weighted by atomic mass is 35.5. The van der Waals surface area contributed by atoms with E-state index in [4.69, 9.17) is 11.9 Å². The maximum absolute atomic E-state index is 11.8. The van der Waals surface area contributed by atoms with E-state index in [0.29, 0.717) is 0 Å². The van der Waals surface area contributed by atoms with Crippen LogP contribution in [0.15, 0.2) is 42.5 Å². The zero-order valence-electron chi connectivity index (χ0n) is 8.51. The Labute approximate surface area is 103 Å². The summed E-state index contributed by atoms with van der Waals surface area (Å²) in [6, 6.07) is 6.30. The van der Waals surface area contributed by atoms with Gasteiger partial charge in [0.15, 0.2) is 5.78 Å². The van der Waals surface area contributed by atoms with Crippen LogP contribution in [0.4, 0.5) is 0 Å². The fourth-order valence-corrected chi connectivity index (χ4v) is 2.62. The van der Waals surface area contributed by atoms with E-state index in [2.05, 4.69) is 10.3 Å². The van der Waals surface area contributed by atoms with E-state index in [0.717, 1.165) is 6.08 Å². The summed E-state index contributed by atoms with van der Waals surface area (Å²) in [5.74, 6) is -0.311. The summed E-state index contributed by atoms with van der Waals surface area (Å²) in [4.78, 5) is 11.6. The molecule has 0 aromatic heterocycles. The molecule has 88 valence electrons. The van der Waals surface area contributed by atoms with Crippen molar-refractivity contribution in [2.45, 2.75) is 0 Å². The van der Waals surface area contributed by atoms with E-state index in [1.165, 1.54) is 12.1 Å². The van der Waals surface area contributed by atoms with Crippen LogP contribution in [-0.4, -0.2) is 14.2 Å². The number of halogens is 1. The van der Waals surface area contributed by atoms with Crippen LogP contribution >= 0.6 is 11.9 Å². The maximum Gasteiger partial charge on any atom is 0.313 e. The van der Waals surface area contributed by atoms with Crippen LogP contribution in [0, 0.1) is 0 Å². The molecule has 6 heteroatoms. The number of hydrogen-bond acceptors (Lipinski definition) is 4. The largest absolute Gasteiger partial charge is 0.313 e. The fraction of sp³-hybridized carbons (Fsp3) is 0. The van der Waals surface area contributed by atoms with Crippen molar-refractivity contribution in [2.75, 3.05) is 0 Å². The van der Waals surface area contributed by atoms with Crippen LogP contribution in [0.3, 0.4) is 0 Å². The molecule has 1 aromatic carbocycles. The lowest BCUT2D eigenvalue weighted by molar-refractivity contribution is 0.103. The van der Waals surface area contributed by atoms with Crippen molar-refractivity contribution in [3.05, 3.63) is 53.6 Å². The Kier molecular flexibility index (Phi) is 2.91. The highest BCUT2D eigenvalue weighted by Gasteiger charge is 2.29. The lowest BCUT2D eigenvalue weighted by atomic mass is 9.93. The number of rotatable bonds is 2. The number of Topliss-reactive ketones (excluding diaryl/α,β-unsaturated/α-hetero) is 1. The Morgan fingerprint density at radius 2 is 1.76 bits per heavy atom. The molecule has 0 saturated carbocycles. The highest BCUT2D eigenvalue weighted by Crippen LogP contribution is 2.33. The molecule has 0 aliphatic heterocycles. The fourth-order valence-electron chi connectivity index (χ4n) is 1.61. The van der Waals surface area contributed by atoms with E-state index >= 15 is 0 Å². The first-order valence-corrected chi connectivity index (χ1v) is 6.29. The van der Waals surface area contributed by atoms with Crippen molar-refractivity contribution in [1.29, 1.82) is 0 Å². The molecular formula is C11H7ClO4S. The van der Waals surface area contributed by atoms with E-state index in [1.807, 2.05) is 0 Å².